The molecule has 2 aromatic carbocycles. The normalized spacial score (nSPS) is 32.9. The van der Waals surface area contributed by atoms with Crippen LogP contribution in [0, 0.1) is 0 Å². The molecule has 2 aromatic rings. The lowest BCUT2D eigenvalue weighted by atomic mass is 9.84. The average molecular weight is 581 g/mol. The first kappa shape index (κ1) is 28.6. The van der Waals surface area contributed by atoms with Crippen LogP contribution in [0.25, 0.3) is 0 Å². The maximum Gasteiger partial charge on any atom is 0.169 e. The van der Waals surface area contributed by atoms with Crippen LogP contribution in [0.5, 0.6) is 11.5 Å². The second-order valence-electron chi connectivity index (χ2n) is 12.5. The number of methoxy groups -OCH3 is 2. The first-order valence-corrected chi connectivity index (χ1v) is 15.8. The summed E-state index contributed by atoms with van der Waals surface area (Å²) < 4.78 is 51.9. The van der Waals surface area contributed by atoms with E-state index in [-0.39, 0.29) is 36.6 Å². The molecule has 6 atom stereocenters. The van der Waals surface area contributed by atoms with E-state index >= 15 is 0 Å². The van der Waals surface area contributed by atoms with Gasteiger partial charge in [-0.05, 0) is 61.1 Å². The molecule has 2 heterocycles. The lowest BCUT2D eigenvalue weighted by Gasteiger charge is -2.42. The van der Waals surface area contributed by atoms with Crippen molar-refractivity contribution in [1.82, 2.24) is 0 Å². The van der Waals surface area contributed by atoms with Crippen LogP contribution in [0.4, 0.5) is 0 Å². The van der Waals surface area contributed by atoms with Gasteiger partial charge in [0.05, 0.1) is 27.4 Å². The summed E-state index contributed by atoms with van der Waals surface area (Å²) in [6.45, 7) is 0.871. The fourth-order valence-corrected chi connectivity index (χ4v) is 7.57. The predicted molar refractivity (Wildman–Crippen MR) is 154 cm³/mol. The Morgan fingerprint density at radius 2 is 0.857 bits per heavy atom. The van der Waals surface area contributed by atoms with Gasteiger partial charge in [0.2, 0.25) is 0 Å². The third-order valence-corrected chi connectivity index (χ3v) is 9.78. The van der Waals surface area contributed by atoms with Gasteiger partial charge in [0.15, 0.2) is 11.6 Å². The summed E-state index contributed by atoms with van der Waals surface area (Å²) in [7, 11) is 3.36. The second kappa shape index (κ2) is 12.1. The van der Waals surface area contributed by atoms with E-state index in [1.54, 1.807) is 14.2 Å². The molecule has 5 aliphatic rings. The van der Waals surface area contributed by atoms with Crippen LogP contribution in [0.15, 0.2) is 48.5 Å². The molecule has 0 amide bonds. The van der Waals surface area contributed by atoms with Crippen LogP contribution >= 0.6 is 0 Å². The maximum absolute atomic E-state index is 6.93. The number of benzene rings is 2. The fourth-order valence-electron chi connectivity index (χ4n) is 7.57. The number of rotatable bonds is 8. The quantitative estimate of drug-likeness (QED) is 0.372. The number of hydrogen-bond acceptors (Lipinski definition) is 8. The van der Waals surface area contributed by atoms with Gasteiger partial charge in [-0.1, -0.05) is 37.1 Å². The Balaban J connectivity index is 1.18. The van der Waals surface area contributed by atoms with Gasteiger partial charge in [-0.3, -0.25) is 0 Å². The highest BCUT2D eigenvalue weighted by Crippen LogP contribution is 2.52. The Hall–Kier alpha value is -2.20. The maximum atomic E-state index is 6.93. The van der Waals surface area contributed by atoms with Gasteiger partial charge in [-0.2, -0.15) is 0 Å². The Morgan fingerprint density at radius 1 is 0.524 bits per heavy atom. The third-order valence-electron chi connectivity index (χ3n) is 9.78. The fraction of sp³-hybridized carbons (Fsp3) is 0.647. The minimum Gasteiger partial charge on any atom is -0.497 e. The van der Waals surface area contributed by atoms with Crippen molar-refractivity contribution in [2.75, 3.05) is 14.2 Å². The molecule has 0 aromatic heterocycles. The van der Waals surface area contributed by atoms with Gasteiger partial charge in [0.25, 0.3) is 0 Å². The molecule has 2 saturated heterocycles. The van der Waals surface area contributed by atoms with Crippen LogP contribution in [0.2, 0.25) is 0 Å². The standard InChI is InChI=1S/C34H44O8/c1-35-25-13-9-23(10-14-25)21-37-27-29-31(41-33(39-29)17-5-3-6-18-33)28(38-22-24-11-15-26(36-2)16-12-24)32-30(27)40-34(42-32)19-7-4-8-20-34/h9-16,27-32H,3-8,17-22H2,1-2H3/t27?,28?,29-,30+,31+,32-. The zero-order chi connectivity index (χ0) is 28.6. The first-order chi connectivity index (χ1) is 20.6. The van der Waals surface area contributed by atoms with Crippen molar-refractivity contribution < 1.29 is 37.9 Å². The van der Waals surface area contributed by atoms with Gasteiger partial charge >= 0.3 is 0 Å². The first-order valence-electron chi connectivity index (χ1n) is 15.8. The topological polar surface area (TPSA) is 73.8 Å². The Morgan fingerprint density at radius 3 is 1.17 bits per heavy atom. The predicted octanol–water partition coefficient (Wildman–Crippen LogP) is 6.08. The smallest absolute Gasteiger partial charge is 0.169 e. The molecule has 3 saturated carbocycles. The summed E-state index contributed by atoms with van der Waals surface area (Å²) in [6.07, 6.45) is 8.40. The minimum atomic E-state index is -0.599. The van der Waals surface area contributed by atoms with Gasteiger partial charge in [0, 0.05) is 25.7 Å². The Labute approximate surface area is 248 Å². The van der Waals surface area contributed by atoms with Gasteiger partial charge in [-0.15, -0.1) is 0 Å². The van der Waals surface area contributed by atoms with E-state index in [0.717, 1.165) is 74.0 Å². The zero-order valence-corrected chi connectivity index (χ0v) is 24.8. The Kier molecular flexibility index (Phi) is 8.20. The molecule has 2 spiro atoms. The van der Waals surface area contributed by atoms with E-state index in [0.29, 0.717) is 13.2 Å². The molecule has 8 nitrogen and oxygen atoms in total. The van der Waals surface area contributed by atoms with E-state index in [9.17, 15) is 0 Å². The average Bonchev–Trinajstić information content (AvgIpc) is 3.58. The molecule has 7 rings (SSSR count). The van der Waals surface area contributed by atoms with Crippen molar-refractivity contribution in [3.8, 4) is 11.5 Å². The van der Waals surface area contributed by atoms with Gasteiger partial charge < -0.3 is 37.9 Å². The molecular weight excluding hydrogens is 536 g/mol. The molecule has 3 aliphatic carbocycles. The van der Waals surface area contributed by atoms with Crippen LogP contribution in [0.3, 0.4) is 0 Å². The molecule has 0 N–H and O–H groups in total. The van der Waals surface area contributed by atoms with Crippen molar-refractivity contribution in [2.24, 2.45) is 0 Å². The largest absolute Gasteiger partial charge is 0.497 e. The van der Waals surface area contributed by atoms with Crippen molar-refractivity contribution >= 4 is 0 Å². The summed E-state index contributed by atoms with van der Waals surface area (Å²) in [5.74, 6) is 0.454. The lowest BCUT2D eigenvalue weighted by Crippen LogP contribution is -2.62. The zero-order valence-electron chi connectivity index (χ0n) is 24.8. The SMILES string of the molecule is COc1ccc(COC2[C@H]3OC4(CCCCC4)O[C@H]3C(OCc3ccc(OC)cc3)[C@H]3OC4(CCCCC4)O[C@@H]23)cc1. The summed E-state index contributed by atoms with van der Waals surface area (Å²) in [6, 6.07) is 16.0. The third kappa shape index (κ3) is 5.58. The van der Waals surface area contributed by atoms with Crippen LogP contribution in [-0.2, 0) is 41.6 Å². The molecule has 0 radical (unpaired) electrons. The molecular formula is C34H44O8. The highest BCUT2D eigenvalue weighted by atomic mass is 16.8. The number of hydrogen-bond donors (Lipinski definition) is 0. The van der Waals surface area contributed by atoms with E-state index in [1.807, 2.05) is 48.5 Å². The van der Waals surface area contributed by atoms with E-state index in [4.69, 9.17) is 37.9 Å². The number of ether oxygens (including phenoxy) is 8. The molecule has 228 valence electrons. The van der Waals surface area contributed by atoms with E-state index < -0.39 is 11.6 Å². The van der Waals surface area contributed by atoms with Gasteiger partial charge in [0.1, 0.15) is 48.1 Å². The van der Waals surface area contributed by atoms with Crippen molar-refractivity contribution in [1.29, 1.82) is 0 Å². The van der Waals surface area contributed by atoms with Crippen molar-refractivity contribution in [3.05, 3.63) is 59.7 Å². The highest BCUT2D eigenvalue weighted by molar-refractivity contribution is 5.27. The van der Waals surface area contributed by atoms with E-state index in [1.165, 1.54) is 12.8 Å². The van der Waals surface area contributed by atoms with E-state index in [2.05, 4.69) is 0 Å². The summed E-state index contributed by atoms with van der Waals surface area (Å²) in [5.41, 5.74) is 2.14. The van der Waals surface area contributed by atoms with Gasteiger partial charge in [-0.25, -0.2) is 0 Å². The lowest BCUT2D eigenvalue weighted by molar-refractivity contribution is -0.229. The van der Waals surface area contributed by atoms with Crippen molar-refractivity contribution in [2.45, 2.75) is 126 Å². The monoisotopic (exact) mass is 580 g/mol. The molecule has 8 heteroatoms. The second-order valence-corrected chi connectivity index (χ2v) is 12.5. The molecule has 0 bridgehead atoms. The minimum absolute atomic E-state index is 0.314. The summed E-state index contributed by atoms with van der Waals surface area (Å²) in [4.78, 5) is 0. The Bertz CT molecular complexity index is 1050. The molecule has 5 fully saturated rings. The highest BCUT2D eigenvalue weighted by Gasteiger charge is 2.66. The van der Waals surface area contributed by atoms with Crippen LogP contribution < -0.4 is 9.47 Å². The molecule has 2 unspecified atom stereocenters. The van der Waals surface area contributed by atoms with Crippen LogP contribution in [-0.4, -0.2) is 62.4 Å². The van der Waals surface area contributed by atoms with Crippen molar-refractivity contribution in [3.63, 3.8) is 0 Å². The number of fused-ring (bicyclic) bond motifs is 2. The summed E-state index contributed by atoms with van der Waals surface area (Å²) in [5, 5.41) is 0. The summed E-state index contributed by atoms with van der Waals surface area (Å²) >= 11 is 0. The molecule has 42 heavy (non-hydrogen) atoms. The van der Waals surface area contributed by atoms with Crippen LogP contribution in [0.1, 0.15) is 75.3 Å². The molecule has 2 aliphatic heterocycles.